The van der Waals surface area contributed by atoms with Gasteiger partial charge in [0.05, 0.1) is 0 Å². The zero-order valence-electron chi connectivity index (χ0n) is 10.9. The first kappa shape index (κ1) is 12.5. The summed E-state index contributed by atoms with van der Waals surface area (Å²) in [5, 5.41) is 0. The SMILES string of the molecule is CCN(Cc1ccncc1)C1(CN)CC(C)C1. The van der Waals surface area contributed by atoms with Gasteiger partial charge in [-0.15, -0.1) is 0 Å². The molecule has 0 atom stereocenters. The van der Waals surface area contributed by atoms with Crippen LogP contribution in [0.3, 0.4) is 0 Å². The number of pyridine rings is 1. The highest BCUT2D eigenvalue weighted by Gasteiger charge is 2.44. The second-order valence-corrected chi connectivity index (χ2v) is 5.31. The zero-order chi connectivity index (χ0) is 12.3. The number of nitrogens with zero attached hydrogens (tertiary/aromatic N) is 2. The highest BCUT2D eigenvalue weighted by atomic mass is 15.2. The van der Waals surface area contributed by atoms with Gasteiger partial charge >= 0.3 is 0 Å². The zero-order valence-corrected chi connectivity index (χ0v) is 10.9. The van der Waals surface area contributed by atoms with Crippen LogP contribution in [-0.4, -0.2) is 28.5 Å². The smallest absolute Gasteiger partial charge is 0.0340 e. The molecular weight excluding hydrogens is 210 g/mol. The topological polar surface area (TPSA) is 42.2 Å². The maximum atomic E-state index is 6.01. The standard InChI is InChI=1S/C14H23N3/c1-3-17(10-13-4-6-16-7-5-13)14(11-15)8-12(2)9-14/h4-7,12H,3,8-11,15H2,1-2H3. The summed E-state index contributed by atoms with van der Waals surface area (Å²) in [6.07, 6.45) is 6.20. The van der Waals surface area contributed by atoms with Gasteiger partial charge < -0.3 is 5.73 Å². The van der Waals surface area contributed by atoms with Gasteiger partial charge in [-0.25, -0.2) is 0 Å². The van der Waals surface area contributed by atoms with E-state index in [1.165, 1.54) is 18.4 Å². The lowest BCUT2D eigenvalue weighted by Crippen LogP contribution is -2.60. The van der Waals surface area contributed by atoms with Crippen molar-refractivity contribution >= 4 is 0 Å². The van der Waals surface area contributed by atoms with Crippen LogP contribution in [0.2, 0.25) is 0 Å². The van der Waals surface area contributed by atoms with E-state index in [0.29, 0.717) is 0 Å². The Hall–Kier alpha value is -0.930. The normalized spacial score (nSPS) is 28.1. The van der Waals surface area contributed by atoms with Crippen LogP contribution < -0.4 is 5.73 Å². The molecule has 3 nitrogen and oxygen atoms in total. The van der Waals surface area contributed by atoms with Crippen molar-refractivity contribution in [1.82, 2.24) is 9.88 Å². The van der Waals surface area contributed by atoms with Gasteiger partial charge in [0.2, 0.25) is 0 Å². The van der Waals surface area contributed by atoms with E-state index in [-0.39, 0.29) is 5.54 Å². The van der Waals surface area contributed by atoms with Crippen molar-refractivity contribution in [2.24, 2.45) is 11.7 Å². The first-order chi connectivity index (χ1) is 8.20. The number of hydrogen-bond donors (Lipinski definition) is 1. The Labute approximate surface area is 104 Å². The minimum atomic E-state index is 0.247. The molecule has 1 fully saturated rings. The molecule has 94 valence electrons. The van der Waals surface area contributed by atoms with E-state index in [2.05, 4.69) is 35.9 Å². The third-order valence-electron chi connectivity index (χ3n) is 4.01. The molecule has 0 saturated heterocycles. The molecule has 0 radical (unpaired) electrons. The largest absolute Gasteiger partial charge is 0.329 e. The molecule has 1 aliphatic carbocycles. The summed E-state index contributed by atoms with van der Waals surface area (Å²) >= 11 is 0. The summed E-state index contributed by atoms with van der Waals surface area (Å²) < 4.78 is 0. The van der Waals surface area contributed by atoms with Crippen LogP contribution in [0.5, 0.6) is 0 Å². The van der Waals surface area contributed by atoms with Gasteiger partial charge in [0, 0.05) is 31.0 Å². The number of hydrogen-bond acceptors (Lipinski definition) is 3. The summed E-state index contributed by atoms with van der Waals surface area (Å²) in [6, 6.07) is 4.18. The van der Waals surface area contributed by atoms with Crippen LogP contribution in [0.4, 0.5) is 0 Å². The summed E-state index contributed by atoms with van der Waals surface area (Å²) in [5.74, 6) is 0.824. The van der Waals surface area contributed by atoms with Gasteiger partial charge in [0.25, 0.3) is 0 Å². The summed E-state index contributed by atoms with van der Waals surface area (Å²) in [4.78, 5) is 6.59. The number of likely N-dealkylation sites (N-methyl/N-ethyl adjacent to an activating group) is 1. The predicted octanol–water partition coefficient (Wildman–Crippen LogP) is 2.03. The Morgan fingerprint density at radius 3 is 2.53 bits per heavy atom. The second kappa shape index (κ2) is 5.15. The average Bonchev–Trinajstić information content (AvgIpc) is 2.33. The van der Waals surface area contributed by atoms with Crippen molar-refractivity contribution < 1.29 is 0 Å². The van der Waals surface area contributed by atoms with Crippen molar-refractivity contribution in [3.8, 4) is 0 Å². The second-order valence-electron chi connectivity index (χ2n) is 5.31. The van der Waals surface area contributed by atoms with Gasteiger partial charge in [-0.1, -0.05) is 13.8 Å². The van der Waals surface area contributed by atoms with E-state index >= 15 is 0 Å². The van der Waals surface area contributed by atoms with Gasteiger partial charge in [-0.05, 0) is 43.0 Å². The molecule has 1 aromatic heterocycles. The average molecular weight is 233 g/mol. The number of rotatable bonds is 5. The van der Waals surface area contributed by atoms with E-state index in [1.807, 2.05) is 12.4 Å². The summed E-state index contributed by atoms with van der Waals surface area (Å²) in [5.41, 5.74) is 7.58. The quantitative estimate of drug-likeness (QED) is 0.846. The van der Waals surface area contributed by atoms with Crippen molar-refractivity contribution in [2.45, 2.75) is 38.8 Å². The van der Waals surface area contributed by atoms with Crippen molar-refractivity contribution in [3.05, 3.63) is 30.1 Å². The molecule has 1 aliphatic rings. The lowest BCUT2D eigenvalue weighted by atomic mass is 9.68. The third kappa shape index (κ3) is 2.50. The van der Waals surface area contributed by atoms with Crippen molar-refractivity contribution in [1.29, 1.82) is 0 Å². The van der Waals surface area contributed by atoms with E-state index in [1.54, 1.807) is 0 Å². The van der Waals surface area contributed by atoms with E-state index in [0.717, 1.165) is 25.6 Å². The van der Waals surface area contributed by atoms with E-state index < -0.39 is 0 Å². The van der Waals surface area contributed by atoms with Crippen LogP contribution in [-0.2, 0) is 6.54 Å². The Morgan fingerprint density at radius 1 is 1.41 bits per heavy atom. The first-order valence-electron chi connectivity index (χ1n) is 6.54. The minimum Gasteiger partial charge on any atom is -0.329 e. The fourth-order valence-electron chi connectivity index (χ4n) is 3.11. The lowest BCUT2D eigenvalue weighted by Gasteiger charge is -2.53. The van der Waals surface area contributed by atoms with Crippen LogP contribution in [0.15, 0.2) is 24.5 Å². The van der Waals surface area contributed by atoms with E-state index in [9.17, 15) is 0 Å². The molecule has 1 saturated carbocycles. The highest BCUT2D eigenvalue weighted by Crippen LogP contribution is 2.42. The molecule has 0 aliphatic heterocycles. The Morgan fingerprint density at radius 2 is 2.06 bits per heavy atom. The van der Waals surface area contributed by atoms with E-state index in [4.69, 9.17) is 5.73 Å². The van der Waals surface area contributed by atoms with Gasteiger partial charge in [0.15, 0.2) is 0 Å². The Bertz CT molecular complexity index is 344. The fourth-order valence-corrected chi connectivity index (χ4v) is 3.11. The summed E-state index contributed by atoms with van der Waals surface area (Å²) in [6.45, 7) is 7.36. The Balaban J connectivity index is 2.06. The molecule has 0 unspecified atom stereocenters. The van der Waals surface area contributed by atoms with Crippen LogP contribution >= 0.6 is 0 Å². The molecule has 1 heterocycles. The maximum absolute atomic E-state index is 6.01. The monoisotopic (exact) mass is 233 g/mol. The number of aromatic nitrogens is 1. The van der Waals surface area contributed by atoms with Gasteiger partial charge in [0.1, 0.15) is 0 Å². The van der Waals surface area contributed by atoms with Gasteiger partial charge in [-0.2, -0.15) is 0 Å². The molecule has 0 spiro atoms. The molecular formula is C14H23N3. The Kier molecular flexibility index (Phi) is 3.79. The minimum absolute atomic E-state index is 0.247. The first-order valence-corrected chi connectivity index (χ1v) is 6.54. The third-order valence-corrected chi connectivity index (χ3v) is 4.01. The van der Waals surface area contributed by atoms with Crippen molar-refractivity contribution in [2.75, 3.05) is 13.1 Å². The lowest BCUT2D eigenvalue weighted by molar-refractivity contribution is -0.0152. The molecule has 0 aromatic carbocycles. The maximum Gasteiger partial charge on any atom is 0.0340 e. The van der Waals surface area contributed by atoms with Gasteiger partial charge in [-0.3, -0.25) is 9.88 Å². The van der Waals surface area contributed by atoms with Crippen LogP contribution in [0.25, 0.3) is 0 Å². The molecule has 2 rings (SSSR count). The number of nitrogens with two attached hydrogens (primary N) is 1. The highest BCUT2D eigenvalue weighted by molar-refractivity contribution is 5.12. The molecule has 3 heteroatoms. The van der Waals surface area contributed by atoms with Crippen molar-refractivity contribution in [3.63, 3.8) is 0 Å². The molecule has 1 aromatic rings. The fraction of sp³-hybridized carbons (Fsp3) is 0.643. The molecule has 17 heavy (non-hydrogen) atoms. The molecule has 0 amide bonds. The van der Waals surface area contributed by atoms with Crippen LogP contribution in [0, 0.1) is 5.92 Å². The summed E-state index contributed by atoms with van der Waals surface area (Å²) in [7, 11) is 0. The van der Waals surface area contributed by atoms with Crippen LogP contribution in [0.1, 0.15) is 32.3 Å². The predicted molar refractivity (Wildman–Crippen MR) is 70.5 cm³/mol. The molecule has 0 bridgehead atoms. The molecule has 2 N–H and O–H groups in total.